The summed E-state index contributed by atoms with van der Waals surface area (Å²) in [6.07, 6.45) is -3.11. The van der Waals surface area contributed by atoms with Crippen molar-refractivity contribution in [3.63, 3.8) is 0 Å². The molecule has 1 rings (SSSR count). The Bertz CT molecular complexity index is 342. The number of rotatable bonds is 6. The zero-order valence-corrected chi connectivity index (χ0v) is 15.6. The van der Waals surface area contributed by atoms with Gasteiger partial charge in [0.05, 0.1) is 13.2 Å². The average molecular weight is 438 g/mol. The van der Waals surface area contributed by atoms with Gasteiger partial charge in [-0.2, -0.15) is 13.2 Å². The molecule has 0 aliphatic carbocycles. The van der Waals surface area contributed by atoms with Gasteiger partial charge in [0.2, 0.25) is 0 Å². The van der Waals surface area contributed by atoms with Crippen molar-refractivity contribution in [2.24, 2.45) is 10.9 Å². The maximum absolute atomic E-state index is 12.2. The average Bonchev–Trinajstić information content (AvgIpc) is 2.81. The molecule has 1 heterocycles. The first-order valence-electron chi connectivity index (χ1n) is 7.05. The summed E-state index contributed by atoms with van der Waals surface area (Å²) in [5.41, 5.74) is 0. The molecule has 0 aromatic heterocycles. The standard InChI is InChI=1S/C13H25F3N4O.HI/c1-17-12(20-6-4-11(8-20)9-21-3)18-5-7-19(2)10-13(14,15)16;/h11H,4-10H2,1-3H3,(H,17,18);1H. The molecule has 1 unspecified atom stereocenters. The van der Waals surface area contributed by atoms with Gasteiger partial charge in [0.1, 0.15) is 0 Å². The van der Waals surface area contributed by atoms with Gasteiger partial charge in [-0.25, -0.2) is 0 Å². The third kappa shape index (κ3) is 8.37. The largest absolute Gasteiger partial charge is 0.401 e. The van der Waals surface area contributed by atoms with Crippen LogP contribution in [0.15, 0.2) is 4.99 Å². The van der Waals surface area contributed by atoms with E-state index in [1.807, 2.05) is 0 Å². The highest BCUT2D eigenvalue weighted by Crippen LogP contribution is 2.16. The zero-order valence-electron chi connectivity index (χ0n) is 13.3. The van der Waals surface area contributed by atoms with Crippen LogP contribution in [0.3, 0.4) is 0 Å². The van der Waals surface area contributed by atoms with E-state index in [9.17, 15) is 13.2 Å². The summed E-state index contributed by atoms with van der Waals surface area (Å²) in [5.74, 6) is 1.23. The first-order valence-corrected chi connectivity index (χ1v) is 7.05. The molecule has 0 radical (unpaired) electrons. The Hall–Kier alpha value is -0.290. The number of methoxy groups -OCH3 is 1. The van der Waals surface area contributed by atoms with Gasteiger partial charge >= 0.3 is 6.18 Å². The second-order valence-electron chi connectivity index (χ2n) is 5.38. The summed E-state index contributed by atoms with van der Waals surface area (Å²) in [4.78, 5) is 7.55. The number of alkyl halides is 3. The van der Waals surface area contributed by atoms with E-state index in [0.717, 1.165) is 32.1 Å². The van der Waals surface area contributed by atoms with Crippen molar-refractivity contribution in [1.82, 2.24) is 15.1 Å². The minimum Gasteiger partial charge on any atom is -0.384 e. The van der Waals surface area contributed by atoms with Gasteiger partial charge in [-0.15, -0.1) is 24.0 Å². The Kier molecular flexibility index (Phi) is 10.3. The maximum Gasteiger partial charge on any atom is 0.401 e. The topological polar surface area (TPSA) is 40.1 Å². The molecule has 9 heteroatoms. The van der Waals surface area contributed by atoms with Crippen LogP contribution < -0.4 is 5.32 Å². The van der Waals surface area contributed by atoms with Crippen molar-refractivity contribution < 1.29 is 17.9 Å². The van der Waals surface area contributed by atoms with Gasteiger partial charge < -0.3 is 15.0 Å². The van der Waals surface area contributed by atoms with Gasteiger partial charge in [0, 0.05) is 46.3 Å². The smallest absolute Gasteiger partial charge is 0.384 e. The Labute approximate surface area is 147 Å². The number of aliphatic imine (C=N–C) groups is 1. The van der Waals surface area contributed by atoms with Gasteiger partial charge in [-0.1, -0.05) is 0 Å². The monoisotopic (exact) mass is 438 g/mol. The van der Waals surface area contributed by atoms with E-state index in [4.69, 9.17) is 4.74 Å². The van der Waals surface area contributed by atoms with Crippen LogP contribution in [0.1, 0.15) is 6.42 Å². The van der Waals surface area contributed by atoms with Crippen LogP contribution in [0.25, 0.3) is 0 Å². The van der Waals surface area contributed by atoms with E-state index < -0.39 is 12.7 Å². The summed E-state index contributed by atoms with van der Waals surface area (Å²) < 4.78 is 41.8. The van der Waals surface area contributed by atoms with E-state index in [-0.39, 0.29) is 24.0 Å². The number of hydrogen-bond acceptors (Lipinski definition) is 3. The van der Waals surface area contributed by atoms with Crippen molar-refractivity contribution in [3.05, 3.63) is 0 Å². The highest BCUT2D eigenvalue weighted by molar-refractivity contribution is 14.0. The molecule has 0 saturated carbocycles. The van der Waals surface area contributed by atoms with Gasteiger partial charge in [-0.05, 0) is 13.5 Å². The molecule has 1 fully saturated rings. The first-order chi connectivity index (χ1) is 9.85. The van der Waals surface area contributed by atoms with E-state index in [2.05, 4.69) is 15.2 Å². The fourth-order valence-electron chi connectivity index (χ4n) is 2.47. The molecule has 1 N–H and O–H groups in total. The Morgan fingerprint density at radius 3 is 2.68 bits per heavy atom. The minimum absolute atomic E-state index is 0. The molecule has 1 aliphatic rings. The van der Waals surface area contributed by atoms with Crippen LogP contribution in [-0.4, -0.2) is 82.5 Å². The molecular weight excluding hydrogens is 412 g/mol. The molecule has 0 amide bonds. The lowest BCUT2D eigenvalue weighted by atomic mass is 10.1. The minimum atomic E-state index is -4.15. The SMILES string of the molecule is CN=C(NCCN(C)CC(F)(F)F)N1CCC(COC)C1.I. The van der Waals surface area contributed by atoms with Gasteiger partial charge in [-0.3, -0.25) is 9.89 Å². The van der Waals surface area contributed by atoms with Crippen LogP contribution in [0.2, 0.25) is 0 Å². The molecule has 1 aliphatic heterocycles. The molecule has 1 saturated heterocycles. The highest BCUT2D eigenvalue weighted by atomic mass is 127. The quantitative estimate of drug-likeness (QED) is 0.389. The van der Waals surface area contributed by atoms with Crippen molar-refractivity contribution in [2.75, 3.05) is 60.5 Å². The fourth-order valence-corrected chi connectivity index (χ4v) is 2.47. The summed E-state index contributed by atoms with van der Waals surface area (Å²) in [7, 11) is 4.83. The highest BCUT2D eigenvalue weighted by Gasteiger charge is 2.29. The van der Waals surface area contributed by atoms with Crippen molar-refractivity contribution >= 4 is 29.9 Å². The molecule has 132 valence electrons. The van der Waals surface area contributed by atoms with E-state index in [1.165, 1.54) is 11.9 Å². The predicted molar refractivity (Wildman–Crippen MR) is 91.9 cm³/mol. The van der Waals surface area contributed by atoms with Crippen molar-refractivity contribution in [3.8, 4) is 0 Å². The number of likely N-dealkylation sites (N-methyl/N-ethyl adjacent to an activating group) is 1. The predicted octanol–water partition coefficient (Wildman–Crippen LogP) is 1.64. The molecule has 0 spiro atoms. The van der Waals surface area contributed by atoms with Crippen LogP contribution in [0, 0.1) is 5.92 Å². The molecular formula is C13H26F3IN4O. The number of guanidine groups is 1. The summed E-state index contributed by atoms with van der Waals surface area (Å²) >= 11 is 0. The number of ether oxygens (including phenoxy) is 1. The summed E-state index contributed by atoms with van der Waals surface area (Å²) in [5, 5.41) is 3.12. The van der Waals surface area contributed by atoms with Crippen LogP contribution >= 0.6 is 24.0 Å². The fraction of sp³-hybridized carbons (Fsp3) is 0.923. The molecule has 22 heavy (non-hydrogen) atoms. The molecule has 5 nitrogen and oxygen atoms in total. The number of nitrogens with zero attached hydrogens (tertiary/aromatic N) is 3. The van der Waals surface area contributed by atoms with Crippen molar-refractivity contribution in [1.29, 1.82) is 0 Å². The van der Waals surface area contributed by atoms with E-state index in [0.29, 0.717) is 19.0 Å². The summed E-state index contributed by atoms with van der Waals surface area (Å²) in [6, 6.07) is 0. The van der Waals surface area contributed by atoms with Crippen molar-refractivity contribution in [2.45, 2.75) is 12.6 Å². The van der Waals surface area contributed by atoms with E-state index >= 15 is 0 Å². The first kappa shape index (κ1) is 21.7. The number of halogens is 4. The van der Waals surface area contributed by atoms with Gasteiger partial charge in [0.15, 0.2) is 5.96 Å². The second kappa shape index (κ2) is 10.5. The normalized spacial score (nSPS) is 19.5. The van der Waals surface area contributed by atoms with Gasteiger partial charge in [0.25, 0.3) is 0 Å². The number of hydrogen-bond donors (Lipinski definition) is 1. The molecule has 0 aromatic rings. The van der Waals surface area contributed by atoms with Crippen LogP contribution in [0.4, 0.5) is 13.2 Å². The maximum atomic E-state index is 12.2. The Balaban J connectivity index is 0.00000441. The third-order valence-corrected chi connectivity index (χ3v) is 3.43. The zero-order chi connectivity index (χ0) is 15.9. The Morgan fingerprint density at radius 2 is 2.14 bits per heavy atom. The molecule has 0 bridgehead atoms. The number of likely N-dealkylation sites (tertiary alicyclic amines) is 1. The lowest BCUT2D eigenvalue weighted by molar-refractivity contribution is -0.142. The summed E-state index contributed by atoms with van der Waals surface area (Å²) in [6.45, 7) is 2.34. The van der Waals surface area contributed by atoms with Crippen LogP contribution in [-0.2, 0) is 4.74 Å². The lowest BCUT2D eigenvalue weighted by Gasteiger charge is -2.23. The third-order valence-electron chi connectivity index (χ3n) is 3.43. The van der Waals surface area contributed by atoms with E-state index in [1.54, 1.807) is 14.2 Å². The Morgan fingerprint density at radius 1 is 1.45 bits per heavy atom. The second-order valence-corrected chi connectivity index (χ2v) is 5.38. The lowest BCUT2D eigenvalue weighted by Crippen LogP contribution is -2.44. The molecule has 1 atom stereocenters. The molecule has 0 aromatic carbocycles. The number of nitrogens with one attached hydrogen (secondary N) is 1. The van der Waals surface area contributed by atoms with Crippen LogP contribution in [0.5, 0.6) is 0 Å².